The first kappa shape index (κ1) is 17.8. The predicted octanol–water partition coefficient (Wildman–Crippen LogP) is 1.07. The van der Waals surface area contributed by atoms with E-state index < -0.39 is 23.7 Å². The van der Waals surface area contributed by atoms with E-state index >= 15 is 0 Å². The molecule has 0 bridgehead atoms. The lowest BCUT2D eigenvalue weighted by Gasteiger charge is -2.42. The van der Waals surface area contributed by atoms with Gasteiger partial charge in [0.05, 0.1) is 12.6 Å². The number of esters is 1. The van der Waals surface area contributed by atoms with Crippen LogP contribution in [0.15, 0.2) is 0 Å². The van der Waals surface area contributed by atoms with Crippen LogP contribution >= 0.6 is 12.2 Å². The van der Waals surface area contributed by atoms with Gasteiger partial charge in [0.1, 0.15) is 5.60 Å². The van der Waals surface area contributed by atoms with Crippen molar-refractivity contribution in [3.63, 3.8) is 0 Å². The van der Waals surface area contributed by atoms with Crippen LogP contribution in [0.4, 0.5) is 4.79 Å². The summed E-state index contributed by atoms with van der Waals surface area (Å²) in [6, 6.07) is -0.908. The van der Waals surface area contributed by atoms with E-state index in [4.69, 9.17) is 21.7 Å². The minimum absolute atomic E-state index is 0.201. The molecule has 0 N–H and O–H groups in total. The van der Waals surface area contributed by atoms with E-state index in [-0.39, 0.29) is 12.6 Å². The Morgan fingerprint density at radius 3 is 2.52 bits per heavy atom. The van der Waals surface area contributed by atoms with Crippen molar-refractivity contribution in [2.24, 2.45) is 0 Å². The van der Waals surface area contributed by atoms with Gasteiger partial charge in [0.25, 0.3) is 0 Å². The maximum absolute atomic E-state index is 12.5. The molecule has 0 radical (unpaired) electrons. The van der Waals surface area contributed by atoms with Gasteiger partial charge in [-0.1, -0.05) is 0 Å². The zero-order valence-corrected chi connectivity index (χ0v) is 15.2. The number of amides is 1. The van der Waals surface area contributed by atoms with Crippen molar-refractivity contribution in [3.8, 4) is 0 Å². The second-order valence-corrected chi connectivity index (χ2v) is 7.16. The predicted molar refractivity (Wildman–Crippen MR) is 89.1 cm³/mol. The molecular weight excluding hydrogens is 318 g/mol. The topological polar surface area (TPSA) is 62.3 Å². The van der Waals surface area contributed by atoms with Gasteiger partial charge in [0, 0.05) is 26.7 Å². The Morgan fingerprint density at radius 2 is 1.96 bits per heavy atom. The van der Waals surface area contributed by atoms with Gasteiger partial charge in [0.2, 0.25) is 0 Å². The summed E-state index contributed by atoms with van der Waals surface area (Å²) in [5.41, 5.74) is -0.616. The van der Waals surface area contributed by atoms with E-state index in [2.05, 4.69) is 0 Å². The standard InChI is InChI=1S/C15H25N3O4S/c1-6-21-12(19)11-10-9-16(5)13(23)17(10)7-8-18(11)14(20)22-15(2,3)4/h10-11H,6-9H2,1-5H3/t10-,11-/m1/s1. The highest BCUT2D eigenvalue weighted by molar-refractivity contribution is 7.80. The third-order valence-corrected chi connectivity index (χ3v) is 4.42. The zero-order valence-electron chi connectivity index (χ0n) is 14.4. The summed E-state index contributed by atoms with van der Waals surface area (Å²) < 4.78 is 10.6. The maximum Gasteiger partial charge on any atom is 0.411 e. The second-order valence-electron chi connectivity index (χ2n) is 6.79. The van der Waals surface area contributed by atoms with Gasteiger partial charge in [-0.2, -0.15) is 0 Å². The summed E-state index contributed by atoms with van der Waals surface area (Å²) in [5.74, 6) is -0.411. The molecule has 0 unspecified atom stereocenters. The number of likely N-dealkylation sites (N-methyl/N-ethyl adjacent to an activating group) is 1. The molecule has 7 nitrogen and oxygen atoms in total. The van der Waals surface area contributed by atoms with Gasteiger partial charge >= 0.3 is 12.1 Å². The van der Waals surface area contributed by atoms with E-state index in [1.165, 1.54) is 4.90 Å². The molecule has 0 aliphatic carbocycles. The average Bonchev–Trinajstić information content (AvgIpc) is 2.71. The maximum atomic E-state index is 12.5. The molecule has 2 fully saturated rings. The fourth-order valence-electron chi connectivity index (χ4n) is 2.95. The molecule has 1 amide bonds. The molecule has 23 heavy (non-hydrogen) atoms. The normalized spacial score (nSPS) is 24.6. The van der Waals surface area contributed by atoms with Crippen molar-refractivity contribution in [2.75, 3.05) is 33.3 Å². The van der Waals surface area contributed by atoms with Crippen molar-refractivity contribution >= 4 is 29.4 Å². The number of fused-ring (bicyclic) bond motifs is 1. The molecule has 2 rings (SSSR count). The molecule has 2 atom stereocenters. The van der Waals surface area contributed by atoms with Gasteiger partial charge < -0.3 is 19.3 Å². The number of carbonyl (C=O) groups is 2. The Balaban J connectivity index is 2.26. The summed E-state index contributed by atoms with van der Waals surface area (Å²) in [6.07, 6.45) is -0.490. The summed E-state index contributed by atoms with van der Waals surface area (Å²) in [7, 11) is 1.89. The molecular formula is C15H25N3O4S. The molecule has 0 aromatic heterocycles. The van der Waals surface area contributed by atoms with Crippen molar-refractivity contribution < 1.29 is 19.1 Å². The van der Waals surface area contributed by atoms with Crippen LogP contribution in [0.5, 0.6) is 0 Å². The number of carbonyl (C=O) groups excluding carboxylic acids is 2. The van der Waals surface area contributed by atoms with Gasteiger partial charge in [0.15, 0.2) is 11.2 Å². The third-order valence-electron chi connectivity index (χ3n) is 3.87. The molecule has 0 aromatic rings. The van der Waals surface area contributed by atoms with E-state index in [0.29, 0.717) is 24.7 Å². The molecule has 0 spiro atoms. The Kier molecular flexibility index (Phi) is 5.03. The van der Waals surface area contributed by atoms with Crippen LogP contribution in [0.2, 0.25) is 0 Å². The summed E-state index contributed by atoms with van der Waals surface area (Å²) in [6.45, 7) is 8.98. The first-order valence-electron chi connectivity index (χ1n) is 7.83. The van der Waals surface area contributed by atoms with Crippen molar-refractivity contribution in [1.29, 1.82) is 0 Å². The van der Waals surface area contributed by atoms with E-state index in [9.17, 15) is 9.59 Å². The highest BCUT2D eigenvalue weighted by Crippen LogP contribution is 2.27. The molecule has 2 saturated heterocycles. The smallest absolute Gasteiger partial charge is 0.411 e. The van der Waals surface area contributed by atoms with Gasteiger partial charge in [-0.15, -0.1) is 0 Å². The number of hydrogen-bond acceptors (Lipinski definition) is 5. The molecule has 130 valence electrons. The number of hydrogen-bond donors (Lipinski definition) is 0. The molecule has 2 aliphatic heterocycles. The van der Waals surface area contributed by atoms with Crippen LogP contribution < -0.4 is 0 Å². The van der Waals surface area contributed by atoms with Crippen LogP contribution in [-0.4, -0.2) is 82.8 Å². The van der Waals surface area contributed by atoms with Gasteiger partial charge in [-0.05, 0) is 39.9 Å². The number of ether oxygens (including phenoxy) is 2. The first-order valence-corrected chi connectivity index (χ1v) is 8.24. The van der Waals surface area contributed by atoms with Crippen LogP contribution in [0.1, 0.15) is 27.7 Å². The second kappa shape index (κ2) is 6.51. The quantitative estimate of drug-likeness (QED) is 0.549. The summed E-state index contributed by atoms with van der Waals surface area (Å²) in [4.78, 5) is 30.4. The first-order chi connectivity index (χ1) is 10.7. The molecule has 2 heterocycles. The lowest BCUT2D eigenvalue weighted by atomic mass is 10.0. The lowest BCUT2D eigenvalue weighted by Crippen LogP contribution is -2.64. The highest BCUT2D eigenvalue weighted by atomic mass is 32.1. The van der Waals surface area contributed by atoms with Crippen molar-refractivity contribution in [3.05, 3.63) is 0 Å². The number of rotatable bonds is 2. The average molecular weight is 343 g/mol. The fourth-order valence-corrected chi connectivity index (χ4v) is 3.25. The Bertz CT molecular complexity index is 505. The summed E-state index contributed by atoms with van der Waals surface area (Å²) >= 11 is 5.40. The number of thiocarbonyl (C=S) groups is 1. The van der Waals surface area contributed by atoms with Crippen LogP contribution in [0, 0.1) is 0 Å². The monoisotopic (exact) mass is 343 g/mol. The number of piperazine rings is 1. The fraction of sp³-hybridized carbons (Fsp3) is 0.800. The van der Waals surface area contributed by atoms with E-state index in [1.54, 1.807) is 27.7 Å². The van der Waals surface area contributed by atoms with E-state index in [1.807, 2.05) is 16.8 Å². The zero-order chi connectivity index (χ0) is 17.4. The molecule has 8 heteroatoms. The third kappa shape index (κ3) is 3.68. The van der Waals surface area contributed by atoms with E-state index in [0.717, 1.165) is 0 Å². The van der Waals surface area contributed by atoms with Crippen LogP contribution in [0.3, 0.4) is 0 Å². The molecule has 2 aliphatic rings. The Hall–Kier alpha value is -1.57. The van der Waals surface area contributed by atoms with Gasteiger partial charge in [-0.3, -0.25) is 4.90 Å². The highest BCUT2D eigenvalue weighted by Gasteiger charge is 2.49. The van der Waals surface area contributed by atoms with Crippen LogP contribution in [0.25, 0.3) is 0 Å². The number of nitrogens with zero attached hydrogens (tertiary/aromatic N) is 3. The SMILES string of the molecule is CCOC(=O)[C@H]1[C@H]2CN(C)C(=S)N2CCN1C(=O)OC(C)(C)C. The van der Waals surface area contributed by atoms with Crippen molar-refractivity contribution in [2.45, 2.75) is 45.4 Å². The van der Waals surface area contributed by atoms with Gasteiger partial charge in [-0.25, -0.2) is 9.59 Å². The Morgan fingerprint density at radius 1 is 1.30 bits per heavy atom. The Labute approximate surface area is 142 Å². The lowest BCUT2D eigenvalue weighted by molar-refractivity contribution is -0.153. The minimum Gasteiger partial charge on any atom is -0.464 e. The van der Waals surface area contributed by atoms with Crippen molar-refractivity contribution in [1.82, 2.24) is 14.7 Å². The molecule has 0 aromatic carbocycles. The van der Waals surface area contributed by atoms with Crippen LogP contribution in [-0.2, 0) is 14.3 Å². The molecule has 0 saturated carbocycles. The summed E-state index contributed by atoms with van der Waals surface area (Å²) in [5, 5.41) is 0.702. The largest absolute Gasteiger partial charge is 0.464 e. The minimum atomic E-state index is -0.707.